The summed E-state index contributed by atoms with van der Waals surface area (Å²) in [7, 11) is -2.43. The van der Waals surface area contributed by atoms with E-state index in [-0.39, 0.29) is 15.8 Å². The molecule has 5 nitrogen and oxygen atoms in total. The maximum atomic E-state index is 12.5. The van der Waals surface area contributed by atoms with Gasteiger partial charge in [0.25, 0.3) is 0 Å². The number of carbonyl (C=O) groups excluding carboxylic acids is 1. The molecule has 0 bridgehead atoms. The molecular weight excluding hydrogens is 298 g/mol. The van der Waals surface area contributed by atoms with Crippen LogP contribution < -0.4 is 4.72 Å². The van der Waals surface area contributed by atoms with Gasteiger partial charge in [-0.15, -0.1) is 11.3 Å². The average molecular weight is 317 g/mol. The highest BCUT2D eigenvalue weighted by molar-refractivity contribution is 7.89. The van der Waals surface area contributed by atoms with E-state index in [1.807, 2.05) is 0 Å². The number of thiophene rings is 1. The van der Waals surface area contributed by atoms with Gasteiger partial charge in [-0.2, -0.15) is 0 Å². The van der Waals surface area contributed by atoms with E-state index in [4.69, 9.17) is 0 Å². The number of rotatable bonds is 4. The van der Waals surface area contributed by atoms with Gasteiger partial charge in [0.05, 0.1) is 7.11 Å². The van der Waals surface area contributed by atoms with Gasteiger partial charge in [-0.05, 0) is 43.0 Å². The lowest BCUT2D eigenvalue weighted by Crippen LogP contribution is -2.33. The van der Waals surface area contributed by atoms with Crippen LogP contribution in [0.4, 0.5) is 0 Å². The van der Waals surface area contributed by atoms with Crippen molar-refractivity contribution in [3.63, 3.8) is 0 Å². The normalized spacial score (nSPS) is 22.9. The van der Waals surface area contributed by atoms with Crippen LogP contribution in [0.15, 0.2) is 10.3 Å². The molecule has 2 atom stereocenters. The highest BCUT2D eigenvalue weighted by atomic mass is 32.2. The molecule has 1 N–H and O–H groups in total. The Balaban J connectivity index is 2.30. The molecule has 1 heterocycles. The van der Waals surface area contributed by atoms with Crippen molar-refractivity contribution in [1.82, 2.24) is 4.72 Å². The zero-order valence-electron chi connectivity index (χ0n) is 11.8. The molecule has 0 aliphatic heterocycles. The molecule has 7 heteroatoms. The number of hydrogen-bond donors (Lipinski definition) is 1. The second kappa shape index (κ2) is 5.83. The molecular formula is C13H19NO4S2. The molecule has 1 fully saturated rings. The Morgan fingerprint density at radius 1 is 1.45 bits per heavy atom. The van der Waals surface area contributed by atoms with Crippen molar-refractivity contribution >= 4 is 27.3 Å². The zero-order chi connectivity index (χ0) is 14.9. The molecule has 1 aliphatic carbocycles. The van der Waals surface area contributed by atoms with E-state index in [0.717, 1.165) is 30.6 Å². The van der Waals surface area contributed by atoms with Crippen LogP contribution >= 0.6 is 11.3 Å². The molecule has 0 amide bonds. The monoisotopic (exact) mass is 317 g/mol. The summed E-state index contributed by atoms with van der Waals surface area (Å²) >= 11 is 1.10. The molecule has 20 heavy (non-hydrogen) atoms. The fraction of sp³-hybridized carbons (Fsp3) is 0.615. The number of carbonyl (C=O) groups is 1. The van der Waals surface area contributed by atoms with Crippen LogP contribution in [0, 0.1) is 12.8 Å². The fourth-order valence-electron chi connectivity index (χ4n) is 2.59. The van der Waals surface area contributed by atoms with Gasteiger partial charge in [0, 0.05) is 6.04 Å². The molecule has 112 valence electrons. The lowest BCUT2D eigenvalue weighted by Gasteiger charge is -2.14. The summed E-state index contributed by atoms with van der Waals surface area (Å²) in [6.07, 6.45) is 2.72. The van der Waals surface area contributed by atoms with Crippen LogP contribution in [0.25, 0.3) is 0 Å². The van der Waals surface area contributed by atoms with E-state index in [1.165, 1.54) is 7.11 Å². The van der Waals surface area contributed by atoms with E-state index < -0.39 is 16.0 Å². The third kappa shape index (κ3) is 3.05. The van der Waals surface area contributed by atoms with Crippen LogP contribution in [-0.4, -0.2) is 27.5 Å². The van der Waals surface area contributed by atoms with Gasteiger partial charge in [-0.1, -0.05) is 6.92 Å². The highest BCUT2D eigenvalue weighted by Gasteiger charge is 2.31. The predicted molar refractivity (Wildman–Crippen MR) is 77.5 cm³/mol. The second-order valence-corrected chi connectivity index (χ2v) is 7.84. The molecule has 2 unspecified atom stereocenters. The largest absolute Gasteiger partial charge is 0.465 e. The van der Waals surface area contributed by atoms with Crippen LogP contribution in [0.1, 0.15) is 41.4 Å². The SMILES string of the molecule is COC(=O)c1scc(C)c1S(=O)(=O)NC1CCC(C)C1. The Bertz CT molecular complexity index is 606. The lowest BCUT2D eigenvalue weighted by atomic mass is 10.1. The molecule has 0 aromatic carbocycles. The van der Waals surface area contributed by atoms with Gasteiger partial charge < -0.3 is 4.74 Å². The van der Waals surface area contributed by atoms with E-state index in [1.54, 1.807) is 12.3 Å². The van der Waals surface area contributed by atoms with Crippen molar-refractivity contribution in [2.24, 2.45) is 5.92 Å². The molecule has 1 aromatic rings. The van der Waals surface area contributed by atoms with Crippen LogP contribution in [0.2, 0.25) is 0 Å². The summed E-state index contributed by atoms with van der Waals surface area (Å²) in [6.45, 7) is 3.80. The van der Waals surface area contributed by atoms with Crippen molar-refractivity contribution < 1.29 is 17.9 Å². The van der Waals surface area contributed by atoms with Crippen molar-refractivity contribution in [3.8, 4) is 0 Å². The standard InChI is InChI=1S/C13H19NO4S2/c1-8-4-5-10(6-8)14-20(16,17)12-9(2)7-19-11(12)13(15)18-3/h7-8,10,14H,4-6H2,1-3H3. The summed E-state index contributed by atoms with van der Waals surface area (Å²) in [4.78, 5) is 11.9. The number of sulfonamides is 1. The number of esters is 1. The van der Waals surface area contributed by atoms with Gasteiger partial charge in [0.15, 0.2) is 0 Å². The van der Waals surface area contributed by atoms with Crippen molar-refractivity contribution in [3.05, 3.63) is 15.8 Å². The molecule has 1 aromatic heterocycles. The molecule has 2 rings (SSSR count). The van der Waals surface area contributed by atoms with E-state index >= 15 is 0 Å². The minimum atomic E-state index is -3.68. The van der Waals surface area contributed by atoms with Gasteiger partial charge in [-0.25, -0.2) is 17.9 Å². The van der Waals surface area contributed by atoms with Crippen LogP contribution in [-0.2, 0) is 14.8 Å². The zero-order valence-corrected chi connectivity index (χ0v) is 13.4. The van der Waals surface area contributed by atoms with Crippen LogP contribution in [0.5, 0.6) is 0 Å². The molecule has 0 radical (unpaired) electrons. The second-order valence-electron chi connectivity index (χ2n) is 5.30. The highest BCUT2D eigenvalue weighted by Crippen LogP contribution is 2.30. The fourth-order valence-corrected chi connectivity index (χ4v) is 5.58. The van der Waals surface area contributed by atoms with Crippen LogP contribution in [0.3, 0.4) is 0 Å². The van der Waals surface area contributed by atoms with E-state index in [0.29, 0.717) is 11.5 Å². The Kier molecular flexibility index (Phi) is 4.51. The summed E-state index contributed by atoms with van der Waals surface area (Å²) < 4.78 is 32.4. The van der Waals surface area contributed by atoms with Crippen molar-refractivity contribution in [2.75, 3.05) is 7.11 Å². The third-order valence-electron chi connectivity index (χ3n) is 3.57. The number of nitrogens with one attached hydrogen (secondary N) is 1. The molecule has 1 aliphatic rings. The van der Waals surface area contributed by atoms with Gasteiger partial charge in [-0.3, -0.25) is 0 Å². The van der Waals surface area contributed by atoms with Crippen molar-refractivity contribution in [2.45, 2.75) is 44.0 Å². The first-order chi connectivity index (χ1) is 9.35. The number of hydrogen-bond acceptors (Lipinski definition) is 5. The smallest absolute Gasteiger partial charge is 0.349 e. The first kappa shape index (κ1) is 15.5. The quantitative estimate of drug-likeness (QED) is 0.865. The molecule has 1 saturated carbocycles. The topological polar surface area (TPSA) is 72.5 Å². The lowest BCUT2D eigenvalue weighted by molar-refractivity contribution is 0.0602. The minimum Gasteiger partial charge on any atom is -0.465 e. The Labute approximate surface area is 123 Å². The third-order valence-corrected chi connectivity index (χ3v) is 6.49. The Morgan fingerprint density at radius 2 is 2.15 bits per heavy atom. The van der Waals surface area contributed by atoms with Gasteiger partial charge in [0.1, 0.15) is 9.77 Å². The Hall–Kier alpha value is -0.920. The summed E-state index contributed by atoms with van der Waals surface area (Å²) in [6, 6.07) is -0.0419. The first-order valence-corrected chi connectivity index (χ1v) is 8.90. The summed E-state index contributed by atoms with van der Waals surface area (Å²) in [5.41, 5.74) is 0.578. The van der Waals surface area contributed by atoms with Crippen molar-refractivity contribution in [1.29, 1.82) is 0 Å². The Morgan fingerprint density at radius 3 is 2.70 bits per heavy atom. The summed E-state index contributed by atoms with van der Waals surface area (Å²) in [5.74, 6) is -0.0744. The van der Waals surface area contributed by atoms with Gasteiger partial charge in [0.2, 0.25) is 10.0 Å². The molecule has 0 saturated heterocycles. The minimum absolute atomic E-state index is 0.0419. The van der Waals surface area contributed by atoms with Gasteiger partial charge >= 0.3 is 5.97 Å². The first-order valence-electron chi connectivity index (χ1n) is 6.54. The maximum absolute atomic E-state index is 12.5. The van der Waals surface area contributed by atoms with E-state index in [9.17, 15) is 13.2 Å². The number of methoxy groups -OCH3 is 1. The molecule has 0 spiro atoms. The number of ether oxygens (including phenoxy) is 1. The number of aryl methyl sites for hydroxylation is 1. The maximum Gasteiger partial charge on any atom is 0.349 e. The van der Waals surface area contributed by atoms with E-state index in [2.05, 4.69) is 16.4 Å². The predicted octanol–water partition coefficient (Wildman–Crippen LogP) is 2.31. The average Bonchev–Trinajstić information content (AvgIpc) is 2.94. The summed E-state index contributed by atoms with van der Waals surface area (Å²) in [5, 5.41) is 1.66.